The predicted molar refractivity (Wildman–Crippen MR) is 114 cm³/mol. The Morgan fingerprint density at radius 3 is 2.45 bits per heavy atom. The Balaban J connectivity index is 1.84. The van der Waals surface area contributed by atoms with E-state index in [4.69, 9.17) is 9.47 Å². The summed E-state index contributed by atoms with van der Waals surface area (Å²) < 4.78 is 25.3. The molecule has 3 rings (SSSR count). The van der Waals surface area contributed by atoms with E-state index in [0.29, 0.717) is 5.69 Å². The Hall–Kier alpha value is -3.53. The first-order chi connectivity index (χ1) is 14.9. The largest absolute Gasteiger partial charge is 0.481 e. The Morgan fingerprint density at radius 2 is 1.81 bits per heavy atom. The van der Waals surface area contributed by atoms with E-state index in [0.717, 1.165) is 27.4 Å². The summed E-state index contributed by atoms with van der Waals surface area (Å²) in [4.78, 5) is 37.0. The molecule has 2 aromatic carbocycles. The number of amides is 1. The minimum atomic E-state index is -0.832. The van der Waals surface area contributed by atoms with Crippen molar-refractivity contribution < 1.29 is 23.5 Å². The van der Waals surface area contributed by atoms with E-state index < -0.39 is 29.9 Å². The van der Waals surface area contributed by atoms with Gasteiger partial charge in [0.25, 0.3) is 11.5 Å². The van der Waals surface area contributed by atoms with Gasteiger partial charge in [-0.15, -0.1) is 0 Å². The van der Waals surface area contributed by atoms with Crippen molar-refractivity contribution in [2.75, 3.05) is 18.5 Å². The standard InChI is InChI=1S/C21H17BrFN3O5/c1-2-30-21(29)20-17(31-12-18(27)24-15-7-3-13(22)4-8-15)11-19(28)26(25-20)16-9-5-14(23)6-10-16/h3-11H,2,12H2,1H3,(H,24,27). The van der Waals surface area contributed by atoms with Crippen LogP contribution in [0.1, 0.15) is 17.4 Å². The average Bonchev–Trinajstić information content (AvgIpc) is 2.75. The van der Waals surface area contributed by atoms with Crippen molar-refractivity contribution in [3.8, 4) is 11.4 Å². The molecule has 31 heavy (non-hydrogen) atoms. The Labute approximate surface area is 184 Å². The van der Waals surface area contributed by atoms with Crippen LogP contribution in [0.2, 0.25) is 0 Å². The van der Waals surface area contributed by atoms with Crippen LogP contribution in [0.15, 0.2) is 63.9 Å². The van der Waals surface area contributed by atoms with Crippen molar-refractivity contribution >= 4 is 33.5 Å². The number of carbonyl (C=O) groups is 2. The molecule has 0 atom stereocenters. The quantitative estimate of drug-likeness (QED) is 0.511. The van der Waals surface area contributed by atoms with E-state index in [2.05, 4.69) is 26.3 Å². The molecule has 0 spiro atoms. The Morgan fingerprint density at radius 1 is 1.13 bits per heavy atom. The van der Waals surface area contributed by atoms with Crippen LogP contribution in [-0.4, -0.2) is 34.9 Å². The number of anilines is 1. The predicted octanol–water partition coefficient (Wildman–Crippen LogP) is 3.33. The monoisotopic (exact) mass is 489 g/mol. The van der Waals surface area contributed by atoms with E-state index in [1.54, 1.807) is 31.2 Å². The molecule has 1 heterocycles. The summed E-state index contributed by atoms with van der Waals surface area (Å²) in [6.45, 7) is 1.21. The second-order valence-corrected chi connectivity index (χ2v) is 7.06. The van der Waals surface area contributed by atoms with E-state index in [9.17, 15) is 18.8 Å². The first-order valence-electron chi connectivity index (χ1n) is 9.13. The van der Waals surface area contributed by atoms with Crippen molar-refractivity contribution in [1.82, 2.24) is 9.78 Å². The number of halogens is 2. The molecule has 160 valence electrons. The van der Waals surface area contributed by atoms with Crippen molar-refractivity contribution in [2.24, 2.45) is 0 Å². The molecule has 0 unspecified atom stereocenters. The summed E-state index contributed by atoms with van der Waals surface area (Å²) in [5.74, 6) is -2.02. The minimum Gasteiger partial charge on any atom is -0.481 e. The van der Waals surface area contributed by atoms with Crippen molar-refractivity contribution in [3.05, 3.63) is 80.9 Å². The lowest BCUT2D eigenvalue weighted by Crippen LogP contribution is -2.27. The van der Waals surface area contributed by atoms with Crippen LogP contribution in [0.25, 0.3) is 5.69 Å². The second kappa shape index (κ2) is 9.98. The molecular weight excluding hydrogens is 473 g/mol. The lowest BCUT2D eigenvalue weighted by molar-refractivity contribution is -0.118. The Kier molecular flexibility index (Phi) is 7.14. The molecule has 0 radical (unpaired) electrons. The summed E-state index contributed by atoms with van der Waals surface area (Å²) in [6, 6.07) is 12.9. The van der Waals surface area contributed by atoms with Crippen molar-refractivity contribution in [2.45, 2.75) is 6.92 Å². The number of nitrogens with zero attached hydrogens (tertiary/aromatic N) is 2. The molecule has 1 N–H and O–H groups in total. The number of hydrogen-bond acceptors (Lipinski definition) is 6. The fraction of sp³-hybridized carbons (Fsp3) is 0.143. The van der Waals surface area contributed by atoms with Gasteiger partial charge < -0.3 is 14.8 Å². The van der Waals surface area contributed by atoms with Gasteiger partial charge in [0.2, 0.25) is 5.69 Å². The molecule has 1 aromatic heterocycles. The van der Waals surface area contributed by atoms with Gasteiger partial charge in [0.1, 0.15) is 5.82 Å². The van der Waals surface area contributed by atoms with Gasteiger partial charge in [-0.2, -0.15) is 9.78 Å². The van der Waals surface area contributed by atoms with Crippen LogP contribution >= 0.6 is 15.9 Å². The van der Waals surface area contributed by atoms with Gasteiger partial charge in [-0.05, 0) is 55.5 Å². The average molecular weight is 490 g/mol. The van der Waals surface area contributed by atoms with Gasteiger partial charge in [-0.1, -0.05) is 15.9 Å². The van der Waals surface area contributed by atoms with Crippen LogP contribution in [0.3, 0.4) is 0 Å². The molecule has 0 saturated carbocycles. The molecule has 0 saturated heterocycles. The number of carbonyl (C=O) groups excluding carboxylic acids is 2. The van der Waals surface area contributed by atoms with Gasteiger partial charge in [0.15, 0.2) is 12.4 Å². The van der Waals surface area contributed by atoms with Crippen molar-refractivity contribution in [3.63, 3.8) is 0 Å². The zero-order valence-electron chi connectivity index (χ0n) is 16.3. The van der Waals surface area contributed by atoms with E-state index in [1.807, 2.05) is 0 Å². The summed E-state index contributed by atoms with van der Waals surface area (Å²) in [6.07, 6.45) is 0. The highest BCUT2D eigenvalue weighted by molar-refractivity contribution is 9.10. The lowest BCUT2D eigenvalue weighted by Gasteiger charge is -2.12. The first kappa shape index (κ1) is 22.2. The number of aromatic nitrogens is 2. The smallest absolute Gasteiger partial charge is 0.362 e. The fourth-order valence-corrected chi connectivity index (χ4v) is 2.80. The van der Waals surface area contributed by atoms with Crippen LogP contribution in [-0.2, 0) is 9.53 Å². The highest BCUT2D eigenvalue weighted by atomic mass is 79.9. The number of benzene rings is 2. The molecular formula is C21H17BrFN3O5. The third-order valence-corrected chi connectivity index (χ3v) is 4.45. The fourth-order valence-electron chi connectivity index (χ4n) is 2.53. The summed E-state index contributed by atoms with van der Waals surface area (Å²) >= 11 is 3.30. The molecule has 10 heteroatoms. The molecule has 3 aromatic rings. The zero-order valence-corrected chi connectivity index (χ0v) is 17.9. The van der Waals surface area contributed by atoms with Crippen molar-refractivity contribution in [1.29, 1.82) is 0 Å². The van der Waals surface area contributed by atoms with Gasteiger partial charge in [0, 0.05) is 10.2 Å². The number of rotatable bonds is 7. The number of hydrogen-bond donors (Lipinski definition) is 1. The summed E-state index contributed by atoms with van der Waals surface area (Å²) in [5, 5.41) is 6.64. The maximum Gasteiger partial charge on any atom is 0.362 e. The Bertz CT molecular complexity index is 1150. The maximum atomic E-state index is 13.2. The lowest BCUT2D eigenvalue weighted by atomic mass is 10.3. The van der Waals surface area contributed by atoms with Crippen LogP contribution in [0.5, 0.6) is 5.75 Å². The number of nitrogens with one attached hydrogen (secondary N) is 1. The SMILES string of the molecule is CCOC(=O)c1nn(-c2ccc(F)cc2)c(=O)cc1OCC(=O)Nc1ccc(Br)cc1. The maximum absolute atomic E-state index is 13.2. The van der Waals surface area contributed by atoms with E-state index in [1.165, 1.54) is 12.1 Å². The first-order valence-corrected chi connectivity index (χ1v) is 9.92. The molecule has 0 fully saturated rings. The normalized spacial score (nSPS) is 10.4. The minimum absolute atomic E-state index is 0.0691. The van der Waals surface area contributed by atoms with Gasteiger partial charge in [0.05, 0.1) is 18.4 Å². The van der Waals surface area contributed by atoms with Gasteiger partial charge >= 0.3 is 5.97 Å². The van der Waals surface area contributed by atoms with Crippen LogP contribution in [0.4, 0.5) is 10.1 Å². The van der Waals surface area contributed by atoms with E-state index >= 15 is 0 Å². The molecule has 0 aliphatic carbocycles. The van der Waals surface area contributed by atoms with Gasteiger partial charge in [-0.25, -0.2) is 9.18 Å². The molecule has 1 amide bonds. The van der Waals surface area contributed by atoms with Gasteiger partial charge in [-0.3, -0.25) is 9.59 Å². The third-order valence-electron chi connectivity index (χ3n) is 3.92. The topological polar surface area (TPSA) is 99.5 Å². The molecule has 0 aliphatic heterocycles. The molecule has 0 aliphatic rings. The van der Waals surface area contributed by atoms with Crippen LogP contribution in [0, 0.1) is 5.82 Å². The van der Waals surface area contributed by atoms with Crippen LogP contribution < -0.4 is 15.6 Å². The molecule has 0 bridgehead atoms. The zero-order chi connectivity index (χ0) is 22.4. The number of esters is 1. The second-order valence-electron chi connectivity index (χ2n) is 6.15. The van der Waals surface area contributed by atoms with E-state index in [-0.39, 0.29) is 23.7 Å². The molecule has 8 nitrogen and oxygen atoms in total. The highest BCUT2D eigenvalue weighted by Crippen LogP contribution is 2.17. The highest BCUT2D eigenvalue weighted by Gasteiger charge is 2.20. The summed E-state index contributed by atoms with van der Waals surface area (Å²) in [7, 11) is 0. The third kappa shape index (κ3) is 5.76. The summed E-state index contributed by atoms with van der Waals surface area (Å²) in [5.41, 5.74) is -0.131. The number of ether oxygens (including phenoxy) is 2.